The molecule has 0 spiro atoms. The van der Waals surface area contributed by atoms with Crippen LogP contribution in [-0.4, -0.2) is 54.0 Å². The molecule has 162 valence electrons. The van der Waals surface area contributed by atoms with E-state index in [9.17, 15) is 4.79 Å². The Labute approximate surface area is 182 Å². The Bertz CT molecular complexity index is 811. The Hall–Kier alpha value is -2.07. The number of nitrogens with one attached hydrogen (secondary N) is 2. The Balaban J connectivity index is 0.00000210. The van der Waals surface area contributed by atoms with Gasteiger partial charge in [-0.15, -0.1) is 24.8 Å². The van der Waals surface area contributed by atoms with Crippen LogP contribution in [0.15, 0.2) is 18.2 Å². The summed E-state index contributed by atoms with van der Waals surface area (Å²) >= 11 is 0. The molecule has 9 nitrogen and oxygen atoms in total. The van der Waals surface area contributed by atoms with Gasteiger partial charge in [-0.2, -0.15) is 5.10 Å². The van der Waals surface area contributed by atoms with E-state index in [1.165, 1.54) is 0 Å². The minimum atomic E-state index is -0.324. The number of carbonyl (C=O) groups excluding carboxylic acids is 1. The molecule has 2 heterocycles. The molecule has 0 saturated carbocycles. The molecule has 1 amide bonds. The molecule has 1 aromatic heterocycles. The quantitative estimate of drug-likeness (QED) is 0.549. The number of rotatable bonds is 8. The molecule has 1 aliphatic heterocycles. The van der Waals surface area contributed by atoms with Crippen LogP contribution in [0.4, 0.5) is 0 Å². The standard InChI is InChI=1S/C18H26N6O3.2ClH/c1-11(19)18-22-16(7-12-4-5-14(26-2)15(6-12)27-3)23-24(18)10-17(25)21-13-8-20-9-13;;/h4-6,11,13,20H,7-10,19H2,1-3H3,(H,21,25);2*1H/t11-;;/m1../s1. The van der Waals surface area contributed by atoms with Crippen molar-refractivity contribution in [2.45, 2.75) is 32.0 Å². The van der Waals surface area contributed by atoms with Crippen LogP contribution in [0.2, 0.25) is 0 Å². The number of halogens is 2. The number of methoxy groups -OCH3 is 2. The molecule has 1 atom stereocenters. The normalized spacial score (nSPS) is 14.1. The van der Waals surface area contributed by atoms with E-state index in [4.69, 9.17) is 15.2 Å². The van der Waals surface area contributed by atoms with Crippen LogP contribution in [0, 0.1) is 0 Å². The highest BCUT2D eigenvalue weighted by Gasteiger charge is 2.21. The Morgan fingerprint density at radius 1 is 1.31 bits per heavy atom. The zero-order valence-electron chi connectivity index (χ0n) is 16.7. The number of nitrogens with two attached hydrogens (primary N) is 1. The van der Waals surface area contributed by atoms with Crippen molar-refractivity contribution in [2.24, 2.45) is 5.73 Å². The van der Waals surface area contributed by atoms with E-state index in [1.807, 2.05) is 25.1 Å². The summed E-state index contributed by atoms with van der Waals surface area (Å²) in [6.07, 6.45) is 0.501. The first-order valence-corrected chi connectivity index (χ1v) is 8.90. The van der Waals surface area contributed by atoms with Gasteiger partial charge in [0, 0.05) is 19.5 Å². The molecule has 1 saturated heterocycles. The Kier molecular flexibility index (Phi) is 9.64. The SMILES string of the molecule is COc1ccc(Cc2nc([C@@H](C)N)n(CC(=O)NC3CNC3)n2)cc1OC.Cl.Cl. The molecule has 11 heteroatoms. The lowest BCUT2D eigenvalue weighted by Crippen LogP contribution is -2.57. The van der Waals surface area contributed by atoms with E-state index >= 15 is 0 Å². The first-order valence-electron chi connectivity index (χ1n) is 8.90. The largest absolute Gasteiger partial charge is 0.493 e. The van der Waals surface area contributed by atoms with Gasteiger partial charge in [0.25, 0.3) is 0 Å². The second-order valence-electron chi connectivity index (χ2n) is 6.62. The van der Waals surface area contributed by atoms with Gasteiger partial charge in [0.05, 0.1) is 26.3 Å². The number of benzene rings is 1. The van der Waals surface area contributed by atoms with Crippen LogP contribution < -0.4 is 25.8 Å². The van der Waals surface area contributed by atoms with Crippen LogP contribution in [0.1, 0.15) is 30.2 Å². The van der Waals surface area contributed by atoms with Crippen LogP contribution in [-0.2, 0) is 17.8 Å². The van der Waals surface area contributed by atoms with Gasteiger partial charge in [-0.25, -0.2) is 9.67 Å². The second-order valence-corrected chi connectivity index (χ2v) is 6.62. The molecule has 0 unspecified atom stereocenters. The maximum atomic E-state index is 12.2. The van der Waals surface area contributed by atoms with Gasteiger partial charge in [0.15, 0.2) is 17.3 Å². The molecule has 4 N–H and O–H groups in total. The zero-order chi connectivity index (χ0) is 19.4. The molecule has 1 fully saturated rings. The van der Waals surface area contributed by atoms with Gasteiger partial charge in [0.1, 0.15) is 12.4 Å². The first kappa shape index (κ1) is 25.0. The second kappa shape index (κ2) is 11.2. The summed E-state index contributed by atoms with van der Waals surface area (Å²) in [5, 5.41) is 10.6. The highest BCUT2D eigenvalue weighted by molar-refractivity contribution is 5.85. The van der Waals surface area contributed by atoms with E-state index in [0.29, 0.717) is 29.6 Å². The smallest absolute Gasteiger partial charge is 0.242 e. The molecule has 0 aliphatic carbocycles. The number of aromatic nitrogens is 3. The fraction of sp³-hybridized carbons (Fsp3) is 0.500. The maximum Gasteiger partial charge on any atom is 0.242 e. The number of nitrogens with zero attached hydrogens (tertiary/aromatic N) is 3. The number of carbonyl (C=O) groups is 1. The van der Waals surface area contributed by atoms with Crippen molar-refractivity contribution in [3.8, 4) is 11.5 Å². The zero-order valence-corrected chi connectivity index (χ0v) is 18.3. The van der Waals surface area contributed by atoms with Crippen LogP contribution in [0.3, 0.4) is 0 Å². The van der Waals surface area contributed by atoms with Crippen molar-refractivity contribution in [3.63, 3.8) is 0 Å². The van der Waals surface area contributed by atoms with Crippen molar-refractivity contribution >= 4 is 30.7 Å². The average molecular weight is 447 g/mol. The number of hydrogen-bond acceptors (Lipinski definition) is 7. The predicted octanol–water partition coefficient (Wildman–Crippen LogP) is 0.837. The molecule has 29 heavy (non-hydrogen) atoms. The van der Waals surface area contributed by atoms with Crippen LogP contribution in [0.25, 0.3) is 0 Å². The first-order chi connectivity index (χ1) is 13.0. The predicted molar refractivity (Wildman–Crippen MR) is 114 cm³/mol. The molecular weight excluding hydrogens is 419 g/mol. The maximum absolute atomic E-state index is 12.2. The topological polar surface area (TPSA) is 116 Å². The Morgan fingerprint density at radius 3 is 2.55 bits per heavy atom. The van der Waals surface area contributed by atoms with Gasteiger partial charge in [0.2, 0.25) is 5.91 Å². The van der Waals surface area contributed by atoms with Crippen molar-refractivity contribution in [1.29, 1.82) is 0 Å². The molecular formula is C18H28Cl2N6O3. The van der Waals surface area contributed by atoms with Crippen molar-refractivity contribution < 1.29 is 14.3 Å². The number of hydrogen-bond donors (Lipinski definition) is 3. The summed E-state index contributed by atoms with van der Waals surface area (Å²) in [5.41, 5.74) is 7.00. The lowest BCUT2D eigenvalue weighted by Gasteiger charge is -2.27. The summed E-state index contributed by atoms with van der Waals surface area (Å²) < 4.78 is 12.2. The highest BCUT2D eigenvalue weighted by atomic mass is 35.5. The van der Waals surface area contributed by atoms with Gasteiger partial charge in [-0.1, -0.05) is 6.07 Å². The molecule has 0 bridgehead atoms. The average Bonchev–Trinajstić information content (AvgIpc) is 3.00. The molecule has 1 aromatic carbocycles. The van der Waals surface area contributed by atoms with Gasteiger partial charge >= 0.3 is 0 Å². The van der Waals surface area contributed by atoms with E-state index in [0.717, 1.165) is 18.7 Å². The van der Waals surface area contributed by atoms with Gasteiger partial charge in [-0.3, -0.25) is 4.79 Å². The molecule has 3 rings (SSSR count). The van der Waals surface area contributed by atoms with Gasteiger partial charge < -0.3 is 25.8 Å². The van der Waals surface area contributed by atoms with Crippen LogP contribution >= 0.6 is 24.8 Å². The third-order valence-electron chi connectivity index (χ3n) is 4.40. The summed E-state index contributed by atoms with van der Waals surface area (Å²) in [4.78, 5) is 16.7. The number of amides is 1. The van der Waals surface area contributed by atoms with Crippen molar-refractivity contribution in [2.75, 3.05) is 27.3 Å². The lowest BCUT2D eigenvalue weighted by molar-refractivity contribution is -0.122. The fourth-order valence-corrected chi connectivity index (χ4v) is 2.90. The summed E-state index contributed by atoms with van der Waals surface area (Å²) in [7, 11) is 3.19. The summed E-state index contributed by atoms with van der Waals surface area (Å²) in [6, 6.07) is 5.53. The monoisotopic (exact) mass is 446 g/mol. The summed E-state index contributed by atoms with van der Waals surface area (Å²) in [6.45, 7) is 3.53. The minimum absolute atomic E-state index is 0. The van der Waals surface area contributed by atoms with Crippen molar-refractivity contribution in [1.82, 2.24) is 25.4 Å². The molecule has 2 aromatic rings. The van der Waals surface area contributed by atoms with Crippen LogP contribution in [0.5, 0.6) is 11.5 Å². The van der Waals surface area contributed by atoms with E-state index in [2.05, 4.69) is 20.7 Å². The Morgan fingerprint density at radius 2 is 2.00 bits per heavy atom. The highest BCUT2D eigenvalue weighted by Crippen LogP contribution is 2.28. The van der Waals surface area contributed by atoms with E-state index in [1.54, 1.807) is 18.9 Å². The lowest BCUT2D eigenvalue weighted by atomic mass is 10.1. The fourth-order valence-electron chi connectivity index (χ4n) is 2.90. The minimum Gasteiger partial charge on any atom is -0.493 e. The van der Waals surface area contributed by atoms with Crippen molar-refractivity contribution in [3.05, 3.63) is 35.4 Å². The number of ether oxygens (including phenoxy) is 2. The third-order valence-corrected chi connectivity index (χ3v) is 4.40. The summed E-state index contributed by atoms with van der Waals surface area (Å²) in [5.74, 6) is 2.42. The molecule has 0 radical (unpaired) electrons. The molecule has 1 aliphatic rings. The van der Waals surface area contributed by atoms with E-state index < -0.39 is 0 Å². The van der Waals surface area contributed by atoms with E-state index in [-0.39, 0.29) is 49.3 Å². The third kappa shape index (κ3) is 6.20. The van der Waals surface area contributed by atoms with Gasteiger partial charge in [-0.05, 0) is 24.6 Å².